The molecular formula is C17H20F5N5O. The second-order valence-electron chi connectivity index (χ2n) is 6.87. The number of nitrogens with two attached hydrogens (primary N) is 1. The number of hydrogen-bond donors (Lipinski definition) is 1. The number of amides is 1. The van der Waals surface area contributed by atoms with Gasteiger partial charge in [0.05, 0.1) is 17.6 Å². The molecule has 0 spiro atoms. The summed E-state index contributed by atoms with van der Waals surface area (Å²) in [6.07, 6.45) is -5.99. The predicted molar refractivity (Wildman–Crippen MR) is 93.1 cm³/mol. The van der Waals surface area contributed by atoms with Crippen molar-refractivity contribution in [3.8, 4) is 0 Å². The Labute approximate surface area is 157 Å². The number of hydrogen-bond acceptors (Lipinski definition) is 4. The van der Waals surface area contributed by atoms with E-state index in [4.69, 9.17) is 5.73 Å². The van der Waals surface area contributed by atoms with Crippen molar-refractivity contribution in [3.63, 3.8) is 0 Å². The molecule has 3 rings (SSSR count). The van der Waals surface area contributed by atoms with Crippen molar-refractivity contribution in [2.75, 3.05) is 31.6 Å². The Hall–Kier alpha value is -2.43. The normalized spacial score (nSPS) is 20.9. The first-order valence-electron chi connectivity index (χ1n) is 8.63. The SMILES string of the molecule is CN(C(=O)Cn1c(N2CCC(F)(CN)C2)nc2ccc(F)cc21)C(F)C(F)F. The van der Waals surface area contributed by atoms with Crippen molar-refractivity contribution in [2.24, 2.45) is 5.73 Å². The van der Waals surface area contributed by atoms with Crippen LogP contribution in [0.25, 0.3) is 11.0 Å². The zero-order chi connectivity index (χ0) is 20.6. The summed E-state index contributed by atoms with van der Waals surface area (Å²) in [6, 6.07) is 3.69. The quantitative estimate of drug-likeness (QED) is 0.590. The Balaban J connectivity index is 1.97. The number of alkyl halides is 4. The lowest BCUT2D eigenvalue weighted by molar-refractivity contribution is -0.142. The fourth-order valence-electron chi connectivity index (χ4n) is 3.21. The predicted octanol–water partition coefficient (Wildman–Crippen LogP) is 2.07. The minimum absolute atomic E-state index is 0.0812. The van der Waals surface area contributed by atoms with Crippen molar-refractivity contribution < 1.29 is 26.7 Å². The molecule has 1 amide bonds. The van der Waals surface area contributed by atoms with Gasteiger partial charge in [-0.3, -0.25) is 4.79 Å². The maximum absolute atomic E-state index is 14.5. The van der Waals surface area contributed by atoms with Crippen LogP contribution < -0.4 is 10.6 Å². The van der Waals surface area contributed by atoms with Crippen LogP contribution >= 0.6 is 0 Å². The minimum atomic E-state index is -3.36. The van der Waals surface area contributed by atoms with Gasteiger partial charge in [0, 0.05) is 26.6 Å². The molecule has 1 aliphatic rings. The third-order valence-corrected chi connectivity index (χ3v) is 4.91. The summed E-state index contributed by atoms with van der Waals surface area (Å²) in [4.78, 5) is 18.5. The molecule has 2 atom stereocenters. The van der Waals surface area contributed by atoms with Crippen LogP contribution in [0.1, 0.15) is 6.42 Å². The topological polar surface area (TPSA) is 67.4 Å². The number of carbonyl (C=O) groups is 1. The van der Waals surface area contributed by atoms with E-state index in [9.17, 15) is 26.7 Å². The number of fused-ring (bicyclic) bond motifs is 1. The molecule has 154 valence electrons. The van der Waals surface area contributed by atoms with Gasteiger partial charge in [-0.2, -0.15) is 0 Å². The standard InChI is InChI=1S/C17H20F5N5O/c1-25(15(21)14(19)20)13(28)7-27-12-6-10(18)2-3-11(12)24-16(27)26-5-4-17(22,8-23)9-26/h2-3,6,14-15H,4-5,7-9,23H2,1H3. The summed E-state index contributed by atoms with van der Waals surface area (Å²) in [6.45, 7) is -0.580. The third kappa shape index (κ3) is 3.75. The van der Waals surface area contributed by atoms with Crippen LogP contribution in [0, 0.1) is 5.82 Å². The van der Waals surface area contributed by atoms with E-state index in [1.54, 1.807) is 4.90 Å². The Morgan fingerprint density at radius 3 is 2.71 bits per heavy atom. The summed E-state index contributed by atoms with van der Waals surface area (Å²) >= 11 is 0. The third-order valence-electron chi connectivity index (χ3n) is 4.91. The van der Waals surface area contributed by atoms with Crippen LogP contribution in [-0.4, -0.2) is 65.4 Å². The second kappa shape index (κ2) is 7.53. The summed E-state index contributed by atoms with van der Waals surface area (Å²) in [5.41, 5.74) is 4.39. The van der Waals surface area contributed by atoms with Gasteiger partial charge in [-0.25, -0.2) is 26.9 Å². The molecule has 1 fully saturated rings. The highest BCUT2D eigenvalue weighted by molar-refractivity contribution is 5.83. The molecule has 2 N–H and O–H groups in total. The van der Waals surface area contributed by atoms with Gasteiger partial charge in [0.15, 0.2) is 0 Å². The lowest BCUT2D eigenvalue weighted by Gasteiger charge is -2.24. The van der Waals surface area contributed by atoms with Crippen LogP contribution in [-0.2, 0) is 11.3 Å². The van der Waals surface area contributed by atoms with Crippen LogP contribution in [0.5, 0.6) is 0 Å². The Morgan fingerprint density at radius 2 is 2.11 bits per heavy atom. The van der Waals surface area contributed by atoms with Gasteiger partial charge < -0.3 is 20.1 Å². The molecule has 2 aromatic rings. The van der Waals surface area contributed by atoms with Gasteiger partial charge >= 0.3 is 0 Å². The van der Waals surface area contributed by atoms with Crippen molar-refractivity contribution in [1.82, 2.24) is 14.5 Å². The van der Waals surface area contributed by atoms with Crippen LogP contribution in [0.3, 0.4) is 0 Å². The summed E-state index contributed by atoms with van der Waals surface area (Å²) < 4.78 is 68.2. The Bertz CT molecular complexity index is 875. The highest BCUT2D eigenvalue weighted by Gasteiger charge is 2.39. The molecule has 0 bridgehead atoms. The molecule has 1 aromatic carbocycles. The van der Waals surface area contributed by atoms with Crippen molar-refractivity contribution in [3.05, 3.63) is 24.0 Å². The van der Waals surface area contributed by atoms with E-state index in [0.717, 1.165) is 13.1 Å². The molecule has 1 aromatic heterocycles. The minimum Gasteiger partial charge on any atom is -0.339 e. The first-order valence-corrected chi connectivity index (χ1v) is 8.63. The first kappa shape index (κ1) is 20.3. The highest BCUT2D eigenvalue weighted by atomic mass is 19.3. The number of imidazole rings is 1. The molecule has 2 unspecified atom stereocenters. The summed E-state index contributed by atoms with van der Waals surface area (Å²) in [5, 5.41) is 0. The van der Waals surface area contributed by atoms with Gasteiger partial charge in [-0.05, 0) is 18.2 Å². The number of nitrogens with zero attached hydrogens (tertiary/aromatic N) is 4. The average Bonchev–Trinajstić information content (AvgIpc) is 3.22. The number of anilines is 1. The lowest BCUT2D eigenvalue weighted by Crippen LogP contribution is -2.41. The van der Waals surface area contributed by atoms with Crippen molar-refractivity contribution in [1.29, 1.82) is 0 Å². The van der Waals surface area contributed by atoms with Crippen LogP contribution in [0.4, 0.5) is 27.9 Å². The van der Waals surface area contributed by atoms with Gasteiger partial charge in [0.1, 0.15) is 18.0 Å². The fraction of sp³-hybridized carbons (Fsp3) is 0.529. The molecule has 1 aliphatic heterocycles. The lowest BCUT2D eigenvalue weighted by atomic mass is 10.1. The summed E-state index contributed by atoms with van der Waals surface area (Å²) in [5.74, 6) is -1.38. The molecule has 11 heteroatoms. The molecule has 0 saturated carbocycles. The number of benzene rings is 1. The second-order valence-corrected chi connectivity index (χ2v) is 6.87. The van der Waals surface area contributed by atoms with Gasteiger partial charge in [0.25, 0.3) is 6.43 Å². The average molecular weight is 405 g/mol. The maximum atomic E-state index is 14.5. The number of rotatable bonds is 6. The number of carbonyl (C=O) groups excluding carboxylic acids is 1. The van der Waals surface area contributed by atoms with Crippen molar-refractivity contribution >= 4 is 22.9 Å². The first-order chi connectivity index (χ1) is 13.1. The fourth-order valence-corrected chi connectivity index (χ4v) is 3.21. The van der Waals surface area contributed by atoms with Gasteiger partial charge in [0.2, 0.25) is 18.2 Å². The van der Waals surface area contributed by atoms with E-state index in [2.05, 4.69) is 4.98 Å². The van der Waals surface area contributed by atoms with Crippen LogP contribution in [0.15, 0.2) is 18.2 Å². The van der Waals surface area contributed by atoms with Crippen molar-refractivity contribution in [2.45, 2.75) is 31.4 Å². The van der Waals surface area contributed by atoms with Gasteiger partial charge in [-0.15, -0.1) is 0 Å². The smallest absolute Gasteiger partial charge is 0.287 e. The Kier molecular flexibility index (Phi) is 5.46. The van der Waals surface area contributed by atoms with E-state index in [0.29, 0.717) is 5.52 Å². The molecule has 28 heavy (non-hydrogen) atoms. The van der Waals surface area contributed by atoms with E-state index in [1.807, 2.05) is 0 Å². The van der Waals surface area contributed by atoms with Crippen LogP contribution in [0.2, 0.25) is 0 Å². The molecule has 1 saturated heterocycles. The number of likely N-dealkylation sites (N-methyl/N-ethyl adjacent to an activating group) is 1. The van der Waals surface area contributed by atoms with Gasteiger partial charge in [-0.1, -0.05) is 0 Å². The Morgan fingerprint density at radius 1 is 1.39 bits per heavy atom. The summed E-state index contributed by atoms with van der Waals surface area (Å²) in [7, 11) is 0.912. The number of aromatic nitrogens is 2. The molecular weight excluding hydrogens is 385 g/mol. The molecule has 0 aliphatic carbocycles. The van der Waals surface area contributed by atoms with E-state index in [-0.39, 0.29) is 42.4 Å². The highest BCUT2D eigenvalue weighted by Crippen LogP contribution is 2.31. The largest absolute Gasteiger partial charge is 0.339 e. The number of halogens is 5. The zero-order valence-electron chi connectivity index (χ0n) is 15.1. The molecule has 0 radical (unpaired) electrons. The van der Waals surface area contributed by atoms with E-state index < -0.39 is 36.7 Å². The monoisotopic (exact) mass is 405 g/mol. The zero-order valence-corrected chi connectivity index (χ0v) is 15.1. The van der Waals surface area contributed by atoms with E-state index >= 15 is 0 Å². The van der Waals surface area contributed by atoms with E-state index in [1.165, 1.54) is 16.7 Å². The molecule has 2 heterocycles. The maximum Gasteiger partial charge on any atom is 0.287 e. The molecule has 6 nitrogen and oxygen atoms in total.